The lowest BCUT2D eigenvalue weighted by molar-refractivity contribution is 0.181. The maximum atomic E-state index is 5.96. The van der Waals surface area contributed by atoms with Crippen molar-refractivity contribution in [2.75, 3.05) is 19.6 Å². The highest BCUT2D eigenvalue weighted by atomic mass is 15.1. The van der Waals surface area contributed by atoms with Crippen LogP contribution >= 0.6 is 0 Å². The summed E-state index contributed by atoms with van der Waals surface area (Å²) in [5.41, 5.74) is 7.35. The molecule has 0 aromatic heterocycles. The maximum Gasteiger partial charge on any atom is 0.0170 e. The number of allylic oxidation sites excluding steroid dienone is 1. The van der Waals surface area contributed by atoms with Crippen molar-refractivity contribution in [1.29, 1.82) is 0 Å². The first-order valence-corrected chi connectivity index (χ1v) is 5.19. The molecule has 1 aliphatic rings. The third-order valence-electron chi connectivity index (χ3n) is 2.53. The van der Waals surface area contributed by atoms with Gasteiger partial charge < -0.3 is 5.73 Å². The summed E-state index contributed by atoms with van der Waals surface area (Å²) in [4.78, 5) is 2.45. The summed E-state index contributed by atoms with van der Waals surface area (Å²) in [6.07, 6.45) is 3.47. The van der Waals surface area contributed by atoms with E-state index in [1.54, 1.807) is 0 Å². The predicted molar refractivity (Wildman–Crippen MR) is 57.6 cm³/mol. The van der Waals surface area contributed by atoms with Crippen molar-refractivity contribution in [3.05, 3.63) is 11.6 Å². The highest BCUT2D eigenvalue weighted by Crippen LogP contribution is 2.14. The van der Waals surface area contributed by atoms with Gasteiger partial charge >= 0.3 is 0 Å². The molecular formula is C11H22N2. The molecule has 1 aliphatic heterocycles. The lowest BCUT2D eigenvalue weighted by Crippen LogP contribution is -2.46. The van der Waals surface area contributed by atoms with Crippen LogP contribution in [-0.4, -0.2) is 30.6 Å². The Balaban J connectivity index is 2.37. The minimum atomic E-state index is 0.384. The van der Waals surface area contributed by atoms with Crippen LogP contribution in [0.15, 0.2) is 11.6 Å². The fourth-order valence-electron chi connectivity index (χ4n) is 1.97. The molecule has 2 unspecified atom stereocenters. The minimum absolute atomic E-state index is 0.384. The molecule has 1 heterocycles. The zero-order valence-electron chi connectivity index (χ0n) is 9.09. The van der Waals surface area contributed by atoms with Gasteiger partial charge in [-0.1, -0.05) is 18.6 Å². The minimum Gasteiger partial charge on any atom is -0.327 e. The highest BCUT2D eigenvalue weighted by molar-refractivity contribution is 4.96. The summed E-state index contributed by atoms with van der Waals surface area (Å²) < 4.78 is 0. The fourth-order valence-corrected chi connectivity index (χ4v) is 1.97. The summed E-state index contributed by atoms with van der Waals surface area (Å²) in [7, 11) is 0. The molecule has 1 fully saturated rings. The van der Waals surface area contributed by atoms with Crippen molar-refractivity contribution < 1.29 is 0 Å². The third kappa shape index (κ3) is 3.92. The molecule has 0 aromatic carbocycles. The highest BCUT2D eigenvalue weighted by Gasteiger charge is 2.20. The van der Waals surface area contributed by atoms with Gasteiger partial charge in [-0.05, 0) is 26.2 Å². The Kier molecular flexibility index (Phi) is 3.94. The van der Waals surface area contributed by atoms with E-state index in [4.69, 9.17) is 5.73 Å². The number of nitrogens with two attached hydrogens (primary N) is 1. The second-order valence-corrected chi connectivity index (χ2v) is 4.60. The molecule has 0 saturated carbocycles. The number of nitrogens with zero attached hydrogens (tertiary/aromatic N) is 1. The molecule has 2 heteroatoms. The Hall–Kier alpha value is -0.340. The molecule has 0 radical (unpaired) electrons. The van der Waals surface area contributed by atoms with Gasteiger partial charge in [0.25, 0.3) is 0 Å². The van der Waals surface area contributed by atoms with Gasteiger partial charge in [-0.2, -0.15) is 0 Å². The van der Waals surface area contributed by atoms with Crippen molar-refractivity contribution in [2.45, 2.75) is 33.2 Å². The summed E-state index contributed by atoms with van der Waals surface area (Å²) in [6.45, 7) is 9.92. The first kappa shape index (κ1) is 10.7. The zero-order valence-corrected chi connectivity index (χ0v) is 9.09. The quantitative estimate of drug-likeness (QED) is 0.658. The molecule has 13 heavy (non-hydrogen) atoms. The molecule has 2 atom stereocenters. The van der Waals surface area contributed by atoms with E-state index in [1.165, 1.54) is 18.5 Å². The Labute approximate surface area is 81.8 Å². The third-order valence-corrected chi connectivity index (χ3v) is 2.53. The number of hydrogen-bond donors (Lipinski definition) is 1. The van der Waals surface area contributed by atoms with Crippen LogP contribution < -0.4 is 5.73 Å². The molecule has 1 saturated heterocycles. The van der Waals surface area contributed by atoms with Crippen LogP contribution in [0.1, 0.15) is 27.2 Å². The molecule has 76 valence electrons. The van der Waals surface area contributed by atoms with E-state index >= 15 is 0 Å². The molecule has 2 N–H and O–H groups in total. The Bertz CT molecular complexity index is 173. The standard InChI is InChI=1S/C11H22N2/c1-9(2)4-5-13-7-10(3)6-11(12)8-13/h4,10-11H,5-8,12H2,1-3H3. The van der Waals surface area contributed by atoms with Crippen LogP contribution in [0.5, 0.6) is 0 Å². The zero-order chi connectivity index (χ0) is 9.84. The molecule has 0 bridgehead atoms. The van der Waals surface area contributed by atoms with Gasteiger partial charge in [0.2, 0.25) is 0 Å². The smallest absolute Gasteiger partial charge is 0.0170 e. The van der Waals surface area contributed by atoms with Crippen LogP contribution in [0, 0.1) is 5.92 Å². The molecule has 0 aliphatic carbocycles. The average molecular weight is 182 g/mol. The Morgan fingerprint density at radius 3 is 2.69 bits per heavy atom. The number of likely N-dealkylation sites (tertiary alicyclic amines) is 1. The van der Waals surface area contributed by atoms with Gasteiger partial charge in [-0.15, -0.1) is 0 Å². The van der Waals surface area contributed by atoms with Crippen molar-refractivity contribution in [3.8, 4) is 0 Å². The fraction of sp³-hybridized carbons (Fsp3) is 0.818. The van der Waals surface area contributed by atoms with E-state index < -0.39 is 0 Å². The van der Waals surface area contributed by atoms with Gasteiger partial charge in [0, 0.05) is 25.7 Å². The topological polar surface area (TPSA) is 29.3 Å². The van der Waals surface area contributed by atoms with Crippen LogP contribution in [-0.2, 0) is 0 Å². The van der Waals surface area contributed by atoms with Gasteiger partial charge in [-0.3, -0.25) is 4.90 Å². The normalized spacial score (nSPS) is 30.2. The average Bonchev–Trinajstić information content (AvgIpc) is 1.99. The van der Waals surface area contributed by atoms with Crippen LogP contribution in [0.25, 0.3) is 0 Å². The van der Waals surface area contributed by atoms with Crippen molar-refractivity contribution in [2.24, 2.45) is 11.7 Å². The van der Waals surface area contributed by atoms with Gasteiger partial charge in [0.05, 0.1) is 0 Å². The molecule has 0 amide bonds. The van der Waals surface area contributed by atoms with Gasteiger partial charge in [0.1, 0.15) is 0 Å². The van der Waals surface area contributed by atoms with E-state index in [1.807, 2.05) is 0 Å². The second-order valence-electron chi connectivity index (χ2n) is 4.60. The number of rotatable bonds is 2. The van der Waals surface area contributed by atoms with Crippen LogP contribution in [0.3, 0.4) is 0 Å². The molecule has 0 spiro atoms. The summed E-state index contributed by atoms with van der Waals surface area (Å²) >= 11 is 0. The van der Waals surface area contributed by atoms with Crippen LogP contribution in [0.2, 0.25) is 0 Å². The summed E-state index contributed by atoms with van der Waals surface area (Å²) in [6, 6.07) is 0.384. The van der Waals surface area contributed by atoms with Crippen molar-refractivity contribution in [1.82, 2.24) is 4.90 Å². The molecule has 0 aromatic rings. The maximum absolute atomic E-state index is 5.96. The Morgan fingerprint density at radius 2 is 2.15 bits per heavy atom. The van der Waals surface area contributed by atoms with E-state index in [0.29, 0.717) is 6.04 Å². The van der Waals surface area contributed by atoms with E-state index in [9.17, 15) is 0 Å². The Morgan fingerprint density at radius 1 is 1.46 bits per heavy atom. The number of hydrogen-bond acceptors (Lipinski definition) is 2. The van der Waals surface area contributed by atoms with Crippen LogP contribution in [0.4, 0.5) is 0 Å². The monoisotopic (exact) mass is 182 g/mol. The number of piperidine rings is 1. The summed E-state index contributed by atoms with van der Waals surface area (Å²) in [5, 5.41) is 0. The molecular weight excluding hydrogens is 160 g/mol. The van der Waals surface area contributed by atoms with E-state index in [-0.39, 0.29) is 0 Å². The van der Waals surface area contributed by atoms with E-state index in [2.05, 4.69) is 31.7 Å². The summed E-state index contributed by atoms with van der Waals surface area (Å²) in [5.74, 6) is 0.759. The largest absolute Gasteiger partial charge is 0.327 e. The first-order valence-electron chi connectivity index (χ1n) is 5.19. The van der Waals surface area contributed by atoms with Crippen molar-refractivity contribution >= 4 is 0 Å². The van der Waals surface area contributed by atoms with Crippen molar-refractivity contribution in [3.63, 3.8) is 0 Å². The molecule has 1 rings (SSSR count). The second kappa shape index (κ2) is 4.77. The SMILES string of the molecule is CC(C)=CCN1CC(C)CC(N)C1. The van der Waals surface area contributed by atoms with Gasteiger partial charge in [0.15, 0.2) is 0 Å². The predicted octanol–water partition coefficient (Wildman–Crippen LogP) is 1.62. The van der Waals surface area contributed by atoms with E-state index in [0.717, 1.165) is 19.0 Å². The lowest BCUT2D eigenvalue weighted by atomic mass is 9.96. The first-order chi connectivity index (χ1) is 6.08. The van der Waals surface area contributed by atoms with Gasteiger partial charge in [-0.25, -0.2) is 0 Å². The molecule has 2 nitrogen and oxygen atoms in total. The lowest BCUT2D eigenvalue weighted by Gasteiger charge is -2.34.